The van der Waals surface area contributed by atoms with Crippen LogP contribution >= 0.6 is 0 Å². The van der Waals surface area contributed by atoms with E-state index in [1.807, 2.05) is 30.3 Å². The van der Waals surface area contributed by atoms with Crippen molar-refractivity contribution in [3.05, 3.63) is 35.9 Å². The van der Waals surface area contributed by atoms with Gasteiger partial charge in [0.15, 0.2) is 0 Å². The van der Waals surface area contributed by atoms with Crippen molar-refractivity contribution in [2.24, 2.45) is 5.73 Å². The van der Waals surface area contributed by atoms with Gasteiger partial charge in [-0.15, -0.1) is 0 Å². The van der Waals surface area contributed by atoms with Crippen LogP contribution < -0.4 is 5.73 Å². The molecule has 1 aliphatic heterocycles. The van der Waals surface area contributed by atoms with Crippen LogP contribution in [0.15, 0.2) is 30.3 Å². The molecule has 3 heteroatoms. The second-order valence-electron chi connectivity index (χ2n) is 3.65. The topological polar surface area (TPSA) is 44.5 Å². The van der Waals surface area contributed by atoms with Crippen LogP contribution in [-0.2, 0) is 16.1 Å². The quantitative estimate of drug-likeness (QED) is 0.773. The van der Waals surface area contributed by atoms with E-state index in [4.69, 9.17) is 15.2 Å². The Kier molecular flexibility index (Phi) is 2.82. The van der Waals surface area contributed by atoms with Gasteiger partial charge in [-0.2, -0.15) is 0 Å². The summed E-state index contributed by atoms with van der Waals surface area (Å²) in [6.45, 7) is 2.38. The van der Waals surface area contributed by atoms with E-state index >= 15 is 0 Å². The standard InChI is InChI=1S/C11H15NO2/c12-7-11(8-13-9-11)14-6-10-4-2-1-3-5-10/h1-5H,6-9,12H2. The largest absolute Gasteiger partial charge is 0.375 e. The third-order valence-corrected chi connectivity index (χ3v) is 2.49. The van der Waals surface area contributed by atoms with Crippen LogP contribution in [0.1, 0.15) is 5.56 Å². The summed E-state index contributed by atoms with van der Waals surface area (Å²) in [7, 11) is 0. The molecule has 2 N–H and O–H groups in total. The van der Waals surface area contributed by atoms with Crippen LogP contribution in [0.4, 0.5) is 0 Å². The number of hydrogen-bond acceptors (Lipinski definition) is 3. The molecule has 0 amide bonds. The second-order valence-corrected chi connectivity index (χ2v) is 3.65. The van der Waals surface area contributed by atoms with Gasteiger partial charge < -0.3 is 15.2 Å². The first-order valence-corrected chi connectivity index (χ1v) is 4.80. The number of hydrogen-bond donors (Lipinski definition) is 1. The molecule has 0 radical (unpaired) electrons. The molecule has 0 atom stereocenters. The highest BCUT2D eigenvalue weighted by molar-refractivity contribution is 5.13. The molecule has 1 fully saturated rings. The Morgan fingerprint density at radius 2 is 2.00 bits per heavy atom. The van der Waals surface area contributed by atoms with Crippen LogP contribution in [0.5, 0.6) is 0 Å². The average Bonchev–Trinajstić information content (AvgIpc) is 2.19. The van der Waals surface area contributed by atoms with Gasteiger partial charge in [0.05, 0.1) is 19.8 Å². The smallest absolute Gasteiger partial charge is 0.127 e. The average molecular weight is 193 g/mol. The molecule has 0 bridgehead atoms. The summed E-state index contributed by atoms with van der Waals surface area (Å²) in [6, 6.07) is 10.1. The van der Waals surface area contributed by atoms with Crippen molar-refractivity contribution < 1.29 is 9.47 Å². The highest BCUT2D eigenvalue weighted by Gasteiger charge is 2.38. The van der Waals surface area contributed by atoms with Crippen molar-refractivity contribution in [3.8, 4) is 0 Å². The van der Waals surface area contributed by atoms with E-state index in [1.54, 1.807) is 0 Å². The van der Waals surface area contributed by atoms with Crippen LogP contribution in [0.2, 0.25) is 0 Å². The van der Waals surface area contributed by atoms with Crippen molar-refractivity contribution in [3.63, 3.8) is 0 Å². The molecule has 1 aromatic carbocycles. The Morgan fingerprint density at radius 1 is 1.29 bits per heavy atom. The maximum Gasteiger partial charge on any atom is 0.127 e. The minimum atomic E-state index is -0.226. The minimum absolute atomic E-state index is 0.226. The second kappa shape index (κ2) is 4.09. The summed E-state index contributed by atoms with van der Waals surface area (Å²) >= 11 is 0. The summed E-state index contributed by atoms with van der Waals surface area (Å²) < 4.78 is 10.9. The monoisotopic (exact) mass is 193 g/mol. The molecule has 1 aromatic rings. The third kappa shape index (κ3) is 1.95. The summed E-state index contributed by atoms with van der Waals surface area (Å²) in [4.78, 5) is 0. The Morgan fingerprint density at radius 3 is 2.50 bits per heavy atom. The maximum atomic E-state index is 5.75. The third-order valence-electron chi connectivity index (χ3n) is 2.49. The molecule has 14 heavy (non-hydrogen) atoms. The zero-order valence-electron chi connectivity index (χ0n) is 8.11. The first-order chi connectivity index (χ1) is 6.85. The van der Waals surface area contributed by atoms with Gasteiger partial charge >= 0.3 is 0 Å². The lowest BCUT2D eigenvalue weighted by Crippen LogP contribution is -2.56. The number of nitrogens with two attached hydrogens (primary N) is 1. The summed E-state index contributed by atoms with van der Waals surface area (Å²) in [6.07, 6.45) is 0. The molecular formula is C11H15NO2. The van der Waals surface area contributed by atoms with Gasteiger partial charge in [0, 0.05) is 6.54 Å². The van der Waals surface area contributed by atoms with E-state index in [0.29, 0.717) is 26.4 Å². The summed E-state index contributed by atoms with van der Waals surface area (Å²) in [5, 5.41) is 0. The predicted molar refractivity (Wildman–Crippen MR) is 53.8 cm³/mol. The molecule has 0 unspecified atom stereocenters. The van der Waals surface area contributed by atoms with Crippen molar-refractivity contribution in [2.45, 2.75) is 12.2 Å². The van der Waals surface area contributed by atoms with Crippen LogP contribution in [-0.4, -0.2) is 25.4 Å². The van der Waals surface area contributed by atoms with Gasteiger partial charge in [0.25, 0.3) is 0 Å². The Bertz CT molecular complexity index is 277. The Hall–Kier alpha value is -0.900. The van der Waals surface area contributed by atoms with Gasteiger partial charge in [0.1, 0.15) is 5.60 Å². The van der Waals surface area contributed by atoms with E-state index in [1.165, 1.54) is 5.56 Å². The van der Waals surface area contributed by atoms with Gasteiger partial charge in [-0.3, -0.25) is 0 Å². The Labute approximate surface area is 83.8 Å². The van der Waals surface area contributed by atoms with Crippen molar-refractivity contribution in [1.29, 1.82) is 0 Å². The fraction of sp³-hybridized carbons (Fsp3) is 0.455. The van der Waals surface area contributed by atoms with Crippen molar-refractivity contribution >= 4 is 0 Å². The fourth-order valence-corrected chi connectivity index (χ4v) is 1.40. The normalized spacial score (nSPS) is 18.9. The highest BCUT2D eigenvalue weighted by Crippen LogP contribution is 2.21. The SMILES string of the molecule is NCC1(OCc2ccccc2)COC1. The molecule has 76 valence electrons. The molecule has 1 aliphatic rings. The fourth-order valence-electron chi connectivity index (χ4n) is 1.40. The number of ether oxygens (including phenoxy) is 2. The molecular weight excluding hydrogens is 178 g/mol. The van der Waals surface area contributed by atoms with E-state index < -0.39 is 0 Å². The van der Waals surface area contributed by atoms with Crippen LogP contribution in [0.3, 0.4) is 0 Å². The van der Waals surface area contributed by atoms with Crippen LogP contribution in [0.25, 0.3) is 0 Å². The lowest BCUT2D eigenvalue weighted by Gasteiger charge is -2.40. The van der Waals surface area contributed by atoms with E-state index in [0.717, 1.165) is 0 Å². The van der Waals surface area contributed by atoms with Crippen LogP contribution in [0, 0.1) is 0 Å². The lowest BCUT2D eigenvalue weighted by atomic mass is 10.0. The van der Waals surface area contributed by atoms with Gasteiger partial charge in [-0.25, -0.2) is 0 Å². The molecule has 1 heterocycles. The van der Waals surface area contributed by atoms with Crippen molar-refractivity contribution in [2.75, 3.05) is 19.8 Å². The van der Waals surface area contributed by atoms with Gasteiger partial charge in [0.2, 0.25) is 0 Å². The van der Waals surface area contributed by atoms with E-state index in [2.05, 4.69) is 0 Å². The first-order valence-electron chi connectivity index (χ1n) is 4.80. The number of rotatable bonds is 4. The summed E-state index contributed by atoms with van der Waals surface area (Å²) in [5.41, 5.74) is 6.57. The van der Waals surface area contributed by atoms with Gasteiger partial charge in [-0.1, -0.05) is 30.3 Å². The molecule has 0 aromatic heterocycles. The zero-order valence-corrected chi connectivity index (χ0v) is 8.11. The molecule has 0 aliphatic carbocycles. The summed E-state index contributed by atoms with van der Waals surface area (Å²) in [5.74, 6) is 0. The first kappa shape index (κ1) is 9.65. The molecule has 3 nitrogen and oxygen atoms in total. The number of benzene rings is 1. The van der Waals surface area contributed by atoms with E-state index in [9.17, 15) is 0 Å². The van der Waals surface area contributed by atoms with E-state index in [-0.39, 0.29) is 5.60 Å². The molecule has 1 saturated heterocycles. The lowest BCUT2D eigenvalue weighted by molar-refractivity contribution is -0.209. The van der Waals surface area contributed by atoms with Gasteiger partial charge in [-0.05, 0) is 5.56 Å². The maximum absolute atomic E-state index is 5.75. The highest BCUT2D eigenvalue weighted by atomic mass is 16.6. The molecule has 2 rings (SSSR count). The zero-order chi connectivity index (χ0) is 9.86. The van der Waals surface area contributed by atoms with Crippen molar-refractivity contribution in [1.82, 2.24) is 0 Å². The predicted octanol–water partition coefficient (Wildman–Crippen LogP) is 0.931. The Balaban J connectivity index is 1.88. The molecule has 0 spiro atoms. The minimum Gasteiger partial charge on any atom is -0.375 e. The molecule has 0 saturated carbocycles.